The highest BCUT2D eigenvalue weighted by Crippen LogP contribution is 2.38. The average Bonchev–Trinajstić information content (AvgIpc) is 2.31. The van der Waals surface area contributed by atoms with Crippen LogP contribution in [0.25, 0.3) is 0 Å². The third-order valence-corrected chi connectivity index (χ3v) is 2.94. The predicted molar refractivity (Wildman–Crippen MR) is 69.6 cm³/mol. The first-order valence-electron chi connectivity index (χ1n) is 5.97. The molecule has 18 heavy (non-hydrogen) atoms. The number of aliphatic hydroxyl groups is 1. The summed E-state index contributed by atoms with van der Waals surface area (Å²) in [5.74, 6) is 0.529. The van der Waals surface area contributed by atoms with Crippen molar-refractivity contribution in [2.45, 2.75) is 25.9 Å². The fourth-order valence-electron chi connectivity index (χ4n) is 2.04. The molecule has 0 bridgehead atoms. The number of hydrogen-bond donors (Lipinski definition) is 2. The standard InChI is InChI=1S/C13H18N2O3/c1-13(2)12(17)15(6-3-7-16)10-8-9(14)4-5-11(10)18-13/h4-5,8,16H,3,6-7,14H2,1-2H3. The molecule has 0 spiro atoms. The molecule has 0 radical (unpaired) electrons. The zero-order chi connectivity index (χ0) is 13.3. The minimum absolute atomic E-state index is 0.0444. The minimum Gasteiger partial charge on any atom is -0.476 e. The van der Waals surface area contributed by atoms with Crippen molar-refractivity contribution in [1.82, 2.24) is 0 Å². The maximum Gasteiger partial charge on any atom is 0.270 e. The number of nitrogen functional groups attached to an aromatic ring is 1. The Kier molecular flexibility index (Phi) is 3.17. The second-order valence-corrected chi connectivity index (χ2v) is 4.87. The molecule has 1 aliphatic heterocycles. The fourth-order valence-corrected chi connectivity index (χ4v) is 2.04. The summed E-state index contributed by atoms with van der Waals surface area (Å²) in [5.41, 5.74) is 6.11. The number of benzene rings is 1. The van der Waals surface area contributed by atoms with E-state index in [1.54, 1.807) is 36.9 Å². The van der Waals surface area contributed by atoms with Crippen molar-refractivity contribution < 1.29 is 14.6 Å². The Balaban J connectivity index is 2.43. The topological polar surface area (TPSA) is 75.8 Å². The van der Waals surface area contributed by atoms with Crippen LogP contribution in [0, 0.1) is 0 Å². The summed E-state index contributed by atoms with van der Waals surface area (Å²) in [6, 6.07) is 5.24. The Labute approximate surface area is 106 Å². The largest absolute Gasteiger partial charge is 0.476 e. The van der Waals surface area contributed by atoms with Crippen molar-refractivity contribution in [3.8, 4) is 5.75 Å². The van der Waals surface area contributed by atoms with E-state index in [-0.39, 0.29) is 12.5 Å². The van der Waals surface area contributed by atoms with E-state index in [4.69, 9.17) is 15.6 Å². The number of aliphatic hydroxyl groups excluding tert-OH is 1. The number of nitrogens with two attached hydrogens (primary N) is 1. The first kappa shape index (κ1) is 12.7. The lowest BCUT2D eigenvalue weighted by Crippen LogP contribution is -2.52. The Morgan fingerprint density at radius 3 is 2.83 bits per heavy atom. The number of amides is 1. The molecule has 0 saturated carbocycles. The molecule has 0 saturated heterocycles. The van der Waals surface area contributed by atoms with Gasteiger partial charge in [-0.25, -0.2) is 0 Å². The first-order chi connectivity index (χ1) is 8.45. The molecule has 5 heteroatoms. The van der Waals surface area contributed by atoms with Gasteiger partial charge in [0, 0.05) is 18.8 Å². The summed E-state index contributed by atoms with van der Waals surface area (Å²) >= 11 is 0. The van der Waals surface area contributed by atoms with Gasteiger partial charge in [-0.3, -0.25) is 4.79 Å². The molecule has 0 aromatic heterocycles. The number of nitrogens with zero attached hydrogens (tertiary/aromatic N) is 1. The number of anilines is 2. The number of fused-ring (bicyclic) bond motifs is 1. The van der Waals surface area contributed by atoms with Crippen molar-refractivity contribution in [2.75, 3.05) is 23.8 Å². The molecule has 98 valence electrons. The molecular formula is C13H18N2O3. The molecule has 1 aromatic carbocycles. The Morgan fingerprint density at radius 2 is 2.17 bits per heavy atom. The molecule has 0 atom stereocenters. The molecule has 0 unspecified atom stereocenters. The van der Waals surface area contributed by atoms with Gasteiger partial charge < -0.3 is 20.5 Å². The van der Waals surface area contributed by atoms with E-state index < -0.39 is 5.60 Å². The van der Waals surface area contributed by atoms with E-state index in [2.05, 4.69) is 0 Å². The number of rotatable bonds is 3. The zero-order valence-electron chi connectivity index (χ0n) is 10.6. The van der Waals surface area contributed by atoms with Crippen LogP contribution in [0.3, 0.4) is 0 Å². The lowest BCUT2D eigenvalue weighted by atomic mass is 10.0. The third kappa shape index (κ3) is 2.13. The van der Waals surface area contributed by atoms with Gasteiger partial charge in [0.1, 0.15) is 5.75 Å². The Hall–Kier alpha value is -1.75. The monoisotopic (exact) mass is 250 g/mol. The highest BCUT2D eigenvalue weighted by atomic mass is 16.5. The van der Waals surface area contributed by atoms with Crippen LogP contribution < -0.4 is 15.4 Å². The van der Waals surface area contributed by atoms with Gasteiger partial charge in [0.05, 0.1) is 5.69 Å². The fraction of sp³-hybridized carbons (Fsp3) is 0.462. The highest BCUT2D eigenvalue weighted by molar-refractivity contribution is 6.02. The second-order valence-electron chi connectivity index (χ2n) is 4.87. The van der Waals surface area contributed by atoms with Crippen LogP contribution in [0.5, 0.6) is 5.75 Å². The molecule has 1 amide bonds. The van der Waals surface area contributed by atoms with E-state index in [9.17, 15) is 4.79 Å². The average molecular weight is 250 g/mol. The van der Waals surface area contributed by atoms with Crippen LogP contribution in [0.2, 0.25) is 0 Å². The van der Waals surface area contributed by atoms with E-state index in [1.807, 2.05) is 0 Å². The van der Waals surface area contributed by atoms with Gasteiger partial charge in [-0.2, -0.15) is 0 Å². The van der Waals surface area contributed by atoms with Crippen LogP contribution in [-0.2, 0) is 4.79 Å². The van der Waals surface area contributed by atoms with Crippen LogP contribution in [0.1, 0.15) is 20.3 Å². The highest BCUT2D eigenvalue weighted by Gasteiger charge is 2.40. The molecule has 5 nitrogen and oxygen atoms in total. The number of carbonyl (C=O) groups excluding carboxylic acids is 1. The van der Waals surface area contributed by atoms with Crippen LogP contribution in [-0.4, -0.2) is 29.8 Å². The SMILES string of the molecule is CC1(C)Oc2ccc(N)cc2N(CCCO)C1=O. The Morgan fingerprint density at radius 1 is 1.44 bits per heavy atom. The van der Waals surface area contributed by atoms with E-state index in [0.29, 0.717) is 30.1 Å². The molecular weight excluding hydrogens is 232 g/mol. The maximum absolute atomic E-state index is 12.3. The molecule has 0 aliphatic carbocycles. The smallest absolute Gasteiger partial charge is 0.270 e. The van der Waals surface area contributed by atoms with E-state index in [1.165, 1.54) is 0 Å². The lowest BCUT2D eigenvalue weighted by Gasteiger charge is -2.38. The van der Waals surface area contributed by atoms with Gasteiger partial charge >= 0.3 is 0 Å². The quantitative estimate of drug-likeness (QED) is 0.789. The van der Waals surface area contributed by atoms with Crippen LogP contribution in [0.15, 0.2) is 18.2 Å². The number of hydrogen-bond acceptors (Lipinski definition) is 4. The van der Waals surface area contributed by atoms with Crippen molar-refractivity contribution in [2.24, 2.45) is 0 Å². The van der Waals surface area contributed by atoms with Gasteiger partial charge in [0.2, 0.25) is 0 Å². The molecule has 1 aliphatic rings. The molecule has 1 aromatic rings. The zero-order valence-corrected chi connectivity index (χ0v) is 10.6. The van der Waals surface area contributed by atoms with Gasteiger partial charge in [-0.05, 0) is 38.5 Å². The van der Waals surface area contributed by atoms with Crippen LogP contribution in [0.4, 0.5) is 11.4 Å². The molecule has 0 fully saturated rings. The first-order valence-corrected chi connectivity index (χ1v) is 5.97. The summed E-state index contributed by atoms with van der Waals surface area (Å²) in [4.78, 5) is 13.9. The summed E-state index contributed by atoms with van der Waals surface area (Å²) in [6.07, 6.45) is 0.524. The summed E-state index contributed by atoms with van der Waals surface area (Å²) in [5, 5.41) is 8.92. The predicted octanol–water partition coefficient (Wildman–Crippen LogP) is 1.16. The van der Waals surface area contributed by atoms with Crippen molar-refractivity contribution >= 4 is 17.3 Å². The maximum atomic E-state index is 12.3. The van der Waals surface area contributed by atoms with Gasteiger partial charge in [-0.15, -0.1) is 0 Å². The summed E-state index contributed by atoms with van der Waals surface area (Å²) < 4.78 is 5.69. The number of carbonyl (C=O) groups is 1. The minimum atomic E-state index is -0.890. The van der Waals surface area contributed by atoms with E-state index in [0.717, 1.165) is 0 Å². The molecule has 3 N–H and O–H groups in total. The van der Waals surface area contributed by atoms with Gasteiger partial charge in [-0.1, -0.05) is 0 Å². The van der Waals surface area contributed by atoms with Crippen molar-refractivity contribution in [1.29, 1.82) is 0 Å². The van der Waals surface area contributed by atoms with Crippen molar-refractivity contribution in [3.05, 3.63) is 18.2 Å². The van der Waals surface area contributed by atoms with Gasteiger partial charge in [0.25, 0.3) is 5.91 Å². The summed E-state index contributed by atoms with van der Waals surface area (Å²) in [7, 11) is 0. The third-order valence-electron chi connectivity index (χ3n) is 2.94. The molecule has 1 heterocycles. The second kappa shape index (κ2) is 4.49. The summed E-state index contributed by atoms with van der Waals surface area (Å²) in [6.45, 7) is 3.97. The van der Waals surface area contributed by atoms with Crippen molar-refractivity contribution in [3.63, 3.8) is 0 Å². The lowest BCUT2D eigenvalue weighted by molar-refractivity contribution is -0.132. The Bertz CT molecular complexity index is 471. The van der Waals surface area contributed by atoms with Gasteiger partial charge in [0.15, 0.2) is 5.60 Å². The number of ether oxygens (including phenoxy) is 1. The van der Waals surface area contributed by atoms with E-state index >= 15 is 0 Å². The van der Waals surface area contributed by atoms with Crippen LogP contribution >= 0.6 is 0 Å². The molecule has 2 rings (SSSR count). The normalized spacial score (nSPS) is 17.3.